The SMILES string of the molecule is CCOC(=O)c1ccc(N2C(=O)[C@@H]3C(Cc4ccc(O)c(O)c4)NC4(C(=O)Nc5c(Cl)cc(C)cc54)[C@@H]3C2=O)cc1. The van der Waals surface area contributed by atoms with E-state index in [0.717, 1.165) is 10.5 Å². The highest BCUT2D eigenvalue weighted by Gasteiger charge is 2.70. The van der Waals surface area contributed by atoms with Gasteiger partial charge in [-0.25, -0.2) is 9.69 Å². The molecule has 6 rings (SSSR count). The van der Waals surface area contributed by atoms with Crippen LogP contribution in [0.5, 0.6) is 11.5 Å². The number of hydrogen-bond donors (Lipinski definition) is 4. The number of imide groups is 1. The Bertz CT molecular complexity index is 1640. The number of carbonyl (C=O) groups excluding carboxylic acids is 4. The lowest BCUT2D eigenvalue weighted by Gasteiger charge is -2.30. The summed E-state index contributed by atoms with van der Waals surface area (Å²) in [6.07, 6.45) is 0.174. The molecule has 2 fully saturated rings. The second-order valence-corrected chi connectivity index (χ2v) is 10.9. The number of rotatable bonds is 5. The molecule has 1 spiro atoms. The number of hydrogen-bond acceptors (Lipinski definition) is 8. The summed E-state index contributed by atoms with van der Waals surface area (Å²) in [6, 6.07) is 13.1. The van der Waals surface area contributed by atoms with Gasteiger partial charge in [-0.05, 0) is 73.9 Å². The number of fused-ring (bicyclic) bond motifs is 4. The number of benzene rings is 3. The van der Waals surface area contributed by atoms with E-state index >= 15 is 0 Å². The van der Waals surface area contributed by atoms with E-state index in [1.807, 2.05) is 6.92 Å². The van der Waals surface area contributed by atoms with Crippen LogP contribution in [0.1, 0.15) is 34.0 Å². The molecule has 0 saturated carbocycles. The standard InChI is InChI=1S/C30H26ClN3O7/c1-3-41-28(39)16-5-7-17(8-6-16)34-26(37)23-20(12-15-4-9-21(35)22(36)13-15)33-30(24(23)27(34)38)18-10-14(2)11-19(31)25(18)32-29(30)40/h4-11,13,20,23-24,33,35-36H,3,12H2,1-2H3,(H,32,40)/t20?,23-,24+,30?/m1/s1. The monoisotopic (exact) mass is 575 g/mol. The van der Waals surface area contributed by atoms with Crippen molar-refractivity contribution in [2.75, 3.05) is 16.8 Å². The van der Waals surface area contributed by atoms with Crippen molar-refractivity contribution in [3.8, 4) is 11.5 Å². The molecule has 4 N–H and O–H groups in total. The molecule has 0 aromatic heterocycles. The van der Waals surface area contributed by atoms with E-state index in [9.17, 15) is 29.4 Å². The maximum absolute atomic E-state index is 14.2. The molecule has 11 heteroatoms. The first kappa shape index (κ1) is 26.8. The molecule has 3 aromatic carbocycles. The highest BCUT2D eigenvalue weighted by atomic mass is 35.5. The molecule has 3 heterocycles. The van der Waals surface area contributed by atoms with E-state index in [1.54, 1.807) is 25.1 Å². The maximum atomic E-state index is 14.2. The highest BCUT2D eigenvalue weighted by molar-refractivity contribution is 6.35. The smallest absolute Gasteiger partial charge is 0.338 e. The molecule has 4 atom stereocenters. The lowest BCUT2D eigenvalue weighted by Crippen LogP contribution is -2.53. The number of aryl methyl sites for hydroxylation is 1. The number of anilines is 2. The number of nitrogens with zero attached hydrogens (tertiary/aromatic N) is 1. The number of carbonyl (C=O) groups is 4. The van der Waals surface area contributed by atoms with E-state index in [-0.39, 0.29) is 35.8 Å². The van der Waals surface area contributed by atoms with Gasteiger partial charge in [0.15, 0.2) is 11.5 Å². The normalized spacial score (nSPS) is 24.5. The van der Waals surface area contributed by atoms with Gasteiger partial charge in [-0.2, -0.15) is 0 Å². The number of halogens is 1. The van der Waals surface area contributed by atoms with Crippen LogP contribution in [0, 0.1) is 18.8 Å². The fraction of sp³-hybridized carbons (Fsp3) is 0.267. The van der Waals surface area contributed by atoms with Crippen LogP contribution >= 0.6 is 11.6 Å². The van der Waals surface area contributed by atoms with Gasteiger partial charge in [0.2, 0.25) is 17.7 Å². The number of nitrogens with one attached hydrogen (secondary N) is 2. The fourth-order valence-corrected chi connectivity index (χ4v) is 6.66. The summed E-state index contributed by atoms with van der Waals surface area (Å²) in [5.41, 5.74) is 1.19. The summed E-state index contributed by atoms with van der Waals surface area (Å²) in [7, 11) is 0. The first-order valence-electron chi connectivity index (χ1n) is 13.1. The van der Waals surface area contributed by atoms with Crippen LogP contribution in [0.2, 0.25) is 5.02 Å². The van der Waals surface area contributed by atoms with Crippen molar-refractivity contribution in [1.29, 1.82) is 0 Å². The van der Waals surface area contributed by atoms with Crippen LogP contribution in [0.4, 0.5) is 11.4 Å². The van der Waals surface area contributed by atoms with Crippen molar-refractivity contribution in [2.45, 2.75) is 31.8 Å². The molecule has 0 bridgehead atoms. The maximum Gasteiger partial charge on any atom is 0.338 e. The minimum atomic E-state index is -1.58. The average molecular weight is 576 g/mol. The zero-order valence-electron chi connectivity index (χ0n) is 22.1. The van der Waals surface area contributed by atoms with Gasteiger partial charge in [0.25, 0.3) is 0 Å². The van der Waals surface area contributed by atoms with Crippen LogP contribution < -0.4 is 15.5 Å². The summed E-state index contributed by atoms with van der Waals surface area (Å²) in [5, 5.41) is 26.3. The highest BCUT2D eigenvalue weighted by Crippen LogP contribution is 2.55. The summed E-state index contributed by atoms with van der Waals surface area (Å²) in [6.45, 7) is 3.72. The Kier molecular flexibility index (Phi) is 6.28. The molecule has 3 aromatic rings. The molecule has 0 radical (unpaired) electrons. The van der Waals surface area contributed by atoms with Gasteiger partial charge < -0.3 is 20.3 Å². The summed E-state index contributed by atoms with van der Waals surface area (Å²) in [5.74, 6) is -4.74. The van der Waals surface area contributed by atoms with Crippen molar-refractivity contribution >= 4 is 46.7 Å². The minimum Gasteiger partial charge on any atom is -0.504 e. The quantitative estimate of drug-likeness (QED) is 0.206. The second-order valence-electron chi connectivity index (χ2n) is 10.5. The van der Waals surface area contributed by atoms with Crippen LogP contribution in [-0.4, -0.2) is 46.6 Å². The van der Waals surface area contributed by atoms with Gasteiger partial charge >= 0.3 is 5.97 Å². The van der Waals surface area contributed by atoms with E-state index in [1.165, 1.54) is 36.4 Å². The van der Waals surface area contributed by atoms with Crippen LogP contribution in [0.15, 0.2) is 54.6 Å². The van der Waals surface area contributed by atoms with Crippen molar-refractivity contribution < 1.29 is 34.1 Å². The van der Waals surface area contributed by atoms with E-state index in [2.05, 4.69) is 10.6 Å². The van der Waals surface area contributed by atoms with Gasteiger partial charge in [0.1, 0.15) is 5.54 Å². The van der Waals surface area contributed by atoms with Crippen molar-refractivity contribution in [3.63, 3.8) is 0 Å². The van der Waals surface area contributed by atoms with Crippen LogP contribution in [0.3, 0.4) is 0 Å². The minimum absolute atomic E-state index is 0.174. The van der Waals surface area contributed by atoms with Crippen molar-refractivity contribution in [3.05, 3.63) is 81.9 Å². The molecule has 2 saturated heterocycles. The third-order valence-corrected chi connectivity index (χ3v) is 8.35. The van der Waals surface area contributed by atoms with Gasteiger partial charge in [-0.1, -0.05) is 23.7 Å². The first-order valence-corrected chi connectivity index (χ1v) is 13.5. The number of esters is 1. The molecule has 10 nitrogen and oxygen atoms in total. The number of phenolic OH excluding ortho intramolecular Hbond substituents is 2. The van der Waals surface area contributed by atoms with Crippen LogP contribution in [0.25, 0.3) is 0 Å². The molecule has 3 aliphatic rings. The van der Waals surface area contributed by atoms with Crippen molar-refractivity contribution in [1.82, 2.24) is 5.32 Å². The van der Waals surface area contributed by atoms with Crippen LogP contribution in [-0.2, 0) is 31.1 Å². The largest absolute Gasteiger partial charge is 0.504 e. The summed E-state index contributed by atoms with van der Waals surface area (Å²) in [4.78, 5) is 55.2. The van der Waals surface area contributed by atoms with Gasteiger partial charge in [-0.15, -0.1) is 0 Å². The van der Waals surface area contributed by atoms with Gasteiger partial charge in [0.05, 0.1) is 40.4 Å². The van der Waals surface area contributed by atoms with Gasteiger partial charge in [0, 0.05) is 11.6 Å². The molecule has 41 heavy (non-hydrogen) atoms. The molecule has 0 aliphatic carbocycles. The average Bonchev–Trinajstić information content (AvgIpc) is 3.51. The molecular weight excluding hydrogens is 550 g/mol. The summed E-state index contributed by atoms with van der Waals surface area (Å²) < 4.78 is 5.03. The Morgan fingerprint density at radius 2 is 1.76 bits per heavy atom. The fourth-order valence-electron chi connectivity index (χ4n) is 6.33. The van der Waals surface area contributed by atoms with E-state index in [0.29, 0.717) is 21.8 Å². The van der Waals surface area contributed by atoms with Crippen molar-refractivity contribution in [2.24, 2.45) is 11.8 Å². The topological polar surface area (TPSA) is 145 Å². The molecule has 3 amide bonds. The lowest BCUT2D eigenvalue weighted by atomic mass is 9.76. The first-order chi connectivity index (χ1) is 19.6. The van der Waals surface area contributed by atoms with Gasteiger partial charge in [-0.3, -0.25) is 19.7 Å². The number of phenols is 2. The Morgan fingerprint density at radius 3 is 2.44 bits per heavy atom. The molecular formula is C30H26ClN3O7. The third kappa shape index (κ3) is 3.97. The predicted molar refractivity (Wildman–Crippen MR) is 149 cm³/mol. The Hall–Kier alpha value is -4.41. The number of aromatic hydroxyl groups is 2. The third-order valence-electron chi connectivity index (χ3n) is 8.05. The molecule has 2 unspecified atom stereocenters. The number of amides is 3. The summed E-state index contributed by atoms with van der Waals surface area (Å²) >= 11 is 6.50. The number of ether oxygens (including phenoxy) is 1. The Balaban J connectivity index is 1.46. The zero-order chi connectivity index (χ0) is 29.2. The Labute approximate surface area is 239 Å². The molecule has 3 aliphatic heterocycles. The predicted octanol–water partition coefficient (Wildman–Crippen LogP) is 3.40. The second kappa shape index (κ2) is 9.60. The Morgan fingerprint density at radius 1 is 1.02 bits per heavy atom. The lowest BCUT2D eigenvalue weighted by molar-refractivity contribution is -0.130. The molecule has 210 valence electrons. The van der Waals surface area contributed by atoms with E-state index < -0.39 is 47.1 Å². The van der Waals surface area contributed by atoms with E-state index in [4.69, 9.17) is 16.3 Å². The zero-order valence-corrected chi connectivity index (χ0v) is 22.9.